The molecule has 1 aliphatic heterocycles. The molecular weight excluding hydrogens is 298 g/mol. The molecule has 0 saturated heterocycles. The van der Waals surface area contributed by atoms with E-state index in [-0.39, 0.29) is 22.4 Å². The zero-order valence-electron chi connectivity index (χ0n) is 7.83. The summed E-state index contributed by atoms with van der Waals surface area (Å²) in [6.45, 7) is 0. The molecule has 3 rings (SSSR count). The van der Waals surface area contributed by atoms with E-state index in [1.165, 1.54) is 21.2 Å². The molecule has 0 bridgehead atoms. The molecule has 1 aliphatic rings. The van der Waals surface area contributed by atoms with Crippen molar-refractivity contribution in [2.75, 3.05) is 5.32 Å². The minimum absolute atomic E-state index is 0. The van der Waals surface area contributed by atoms with Crippen LogP contribution in [-0.4, -0.2) is 0 Å². The molecule has 0 aliphatic carbocycles. The third-order valence-corrected chi connectivity index (χ3v) is 3.42. The average molecular weight is 307 g/mol. The molecule has 0 saturated carbocycles. The van der Waals surface area contributed by atoms with Crippen LogP contribution in [0, 0.1) is 0 Å². The number of benzene rings is 2. The zero-order valence-corrected chi connectivity index (χ0v) is 10.1. The van der Waals surface area contributed by atoms with E-state index in [9.17, 15) is 0 Å². The van der Waals surface area contributed by atoms with E-state index in [1.54, 1.807) is 0 Å². The fourth-order valence-electron chi connectivity index (χ4n) is 1.58. The maximum absolute atomic E-state index is 3.42. The molecule has 79 valence electrons. The Kier molecular flexibility index (Phi) is 3.22. The second kappa shape index (κ2) is 4.45. The van der Waals surface area contributed by atoms with E-state index in [0.717, 1.165) is 0 Å². The number of hydrogen-bond acceptors (Lipinski definition) is 2. The maximum atomic E-state index is 3.42. The van der Waals surface area contributed by atoms with Crippen LogP contribution in [-0.2, 0) is 22.4 Å². The molecule has 1 heterocycles. The summed E-state index contributed by atoms with van der Waals surface area (Å²) in [5.74, 6) is 0. The second-order valence-corrected chi connectivity index (χ2v) is 4.30. The van der Waals surface area contributed by atoms with Gasteiger partial charge in [-0.05, 0) is 24.3 Å². The van der Waals surface area contributed by atoms with E-state index in [0.29, 0.717) is 0 Å². The van der Waals surface area contributed by atoms with Crippen molar-refractivity contribution in [3.05, 3.63) is 48.5 Å². The van der Waals surface area contributed by atoms with Gasteiger partial charge in [-0.3, -0.25) is 0 Å². The van der Waals surface area contributed by atoms with Crippen LogP contribution >= 0.6 is 11.8 Å². The van der Waals surface area contributed by atoms with E-state index in [1.807, 2.05) is 11.8 Å². The Morgan fingerprint density at radius 1 is 0.733 bits per heavy atom. The summed E-state index contributed by atoms with van der Waals surface area (Å²) in [6.07, 6.45) is 0. The average Bonchev–Trinajstić information content (AvgIpc) is 2.26. The number of rotatable bonds is 0. The first-order valence-corrected chi connectivity index (χ1v) is 5.38. The van der Waals surface area contributed by atoms with E-state index in [2.05, 4.69) is 53.8 Å². The fourth-order valence-corrected chi connectivity index (χ4v) is 2.57. The number of nitrogens with one attached hydrogen (secondary N) is 1. The van der Waals surface area contributed by atoms with Crippen LogP contribution in [0.25, 0.3) is 0 Å². The van der Waals surface area contributed by atoms with Crippen LogP contribution in [0.15, 0.2) is 58.3 Å². The van der Waals surface area contributed by atoms with Gasteiger partial charge < -0.3 is 5.32 Å². The Bertz CT molecular complexity index is 397. The summed E-state index contributed by atoms with van der Waals surface area (Å²) in [7, 11) is 0. The van der Waals surface area contributed by atoms with Crippen molar-refractivity contribution in [2.45, 2.75) is 9.79 Å². The molecule has 0 spiro atoms. The summed E-state index contributed by atoms with van der Waals surface area (Å²) in [6, 6.07) is 16.8. The van der Waals surface area contributed by atoms with Crippen LogP contribution in [0.4, 0.5) is 11.4 Å². The van der Waals surface area contributed by atoms with Crippen molar-refractivity contribution in [1.82, 2.24) is 0 Å². The maximum Gasteiger partial charge on any atom is 0.0526 e. The van der Waals surface area contributed by atoms with Crippen LogP contribution in [0.1, 0.15) is 0 Å². The fraction of sp³-hybridized carbons (Fsp3) is 0. The van der Waals surface area contributed by atoms with E-state index >= 15 is 0 Å². The molecule has 0 aromatic heterocycles. The van der Waals surface area contributed by atoms with E-state index < -0.39 is 0 Å². The summed E-state index contributed by atoms with van der Waals surface area (Å²) >= 11 is 1.82. The largest absolute Gasteiger partial charge is 0.354 e. The first kappa shape index (κ1) is 10.8. The van der Waals surface area contributed by atoms with Gasteiger partial charge in [-0.15, -0.1) is 0 Å². The third kappa shape index (κ3) is 1.99. The molecule has 0 unspecified atom stereocenters. The van der Waals surface area contributed by atoms with Gasteiger partial charge in [0.15, 0.2) is 0 Å². The van der Waals surface area contributed by atoms with Crippen molar-refractivity contribution < 1.29 is 22.4 Å². The number of fused-ring (bicyclic) bond motifs is 2. The molecule has 0 amide bonds. The Hall–Kier alpha value is -0.670. The van der Waals surface area contributed by atoms with Crippen molar-refractivity contribution in [1.29, 1.82) is 0 Å². The predicted octanol–water partition coefficient (Wildman–Crippen LogP) is 3.89. The van der Waals surface area contributed by atoms with Gasteiger partial charge in [0.1, 0.15) is 0 Å². The van der Waals surface area contributed by atoms with Gasteiger partial charge >= 0.3 is 0 Å². The first-order valence-electron chi connectivity index (χ1n) is 4.56. The Morgan fingerprint density at radius 2 is 1.20 bits per heavy atom. The summed E-state index contributed by atoms with van der Waals surface area (Å²) in [5, 5.41) is 3.42. The van der Waals surface area contributed by atoms with Gasteiger partial charge in [0.25, 0.3) is 0 Å². The molecule has 2 aromatic rings. The number of hydrogen-bond donors (Lipinski definition) is 1. The monoisotopic (exact) mass is 306 g/mol. The Balaban J connectivity index is 0.000000853. The topological polar surface area (TPSA) is 12.0 Å². The van der Waals surface area contributed by atoms with Crippen LogP contribution in [0.3, 0.4) is 0 Å². The minimum atomic E-state index is 0. The van der Waals surface area contributed by atoms with Gasteiger partial charge in [-0.2, -0.15) is 0 Å². The quantitative estimate of drug-likeness (QED) is 0.632. The SMILES string of the molecule is [Ag].c1ccc2c(c1)Nc1ccccc1S2. The zero-order chi connectivity index (χ0) is 9.38. The molecule has 3 heteroatoms. The first-order chi connectivity index (χ1) is 6.93. The predicted molar refractivity (Wildman–Crippen MR) is 60.3 cm³/mol. The normalized spacial score (nSPS) is 11.7. The summed E-state index contributed by atoms with van der Waals surface area (Å²) in [5.41, 5.74) is 2.41. The number of para-hydroxylation sites is 2. The molecule has 1 radical (unpaired) electrons. The van der Waals surface area contributed by atoms with Gasteiger partial charge in [-0.25, -0.2) is 0 Å². The van der Waals surface area contributed by atoms with Crippen molar-refractivity contribution in [3.8, 4) is 0 Å². The molecular formula is C12H9AgNS. The molecule has 1 N–H and O–H groups in total. The standard InChI is InChI=1S/C12H9NS.Ag/c1-3-7-11-9(5-1)13-10-6-2-4-8-12(10)14-11;/h1-8,13H;. The van der Waals surface area contributed by atoms with Crippen LogP contribution in [0.2, 0.25) is 0 Å². The molecule has 15 heavy (non-hydrogen) atoms. The number of anilines is 2. The molecule has 0 atom stereocenters. The van der Waals surface area contributed by atoms with Gasteiger partial charge in [0.05, 0.1) is 11.4 Å². The second-order valence-electron chi connectivity index (χ2n) is 3.22. The molecule has 0 fully saturated rings. The Labute approximate surface area is 109 Å². The van der Waals surface area contributed by atoms with Crippen molar-refractivity contribution >= 4 is 23.1 Å². The van der Waals surface area contributed by atoms with Crippen molar-refractivity contribution in [2.24, 2.45) is 0 Å². The van der Waals surface area contributed by atoms with Gasteiger partial charge in [0.2, 0.25) is 0 Å². The van der Waals surface area contributed by atoms with Gasteiger partial charge in [0, 0.05) is 32.2 Å². The van der Waals surface area contributed by atoms with E-state index in [4.69, 9.17) is 0 Å². The summed E-state index contributed by atoms with van der Waals surface area (Å²) in [4.78, 5) is 2.59. The molecule has 1 nitrogen and oxygen atoms in total. The van der Waals surface area contributed by atoms with Crippen LogP contribution < -0.4 is 5.32 Å². The minimum Gasteiger partial charge on any atom is -0.354 e. The van der Waals surface area contributed by atoms with Crippen LogP contribution in [0.5, 0.6) is 0 Å². The van der Waals surface area contributed by atoms with Crippen molar-refractivity contribution in [3.63, 3.8) is 0 Å². The molecule has 2 aromatic carbocycles. The summed E-state index contributed by atoms with van der Waals surface area (Å²) < 4.78 is 0. The third-order valence-electron chi connectivity index (χ3n) is 2.26. The van der Waals surface area contributed by atoms with Gasteiger partial charge in [-0.1, -0.05) is 36.0 Å². The smallest absolute Gasteiger partial charge is 0.0526 e. The Morgan fingerprint density at radius 3 is 1.73 bits per heavy atom.